The van der Waals surface area contributed by atoms with Crippen LogP contribution in [0, 0.1) is 5.82 Å². The minimum atomic E-state index is -4.53. The third-order valence-electron chi connectivity index (χ3n) is 5.09. The van der Waals surface area contributed by atoms with E-state index < -0.39 is 40.6 Å². The van der Waals surface area contributed by atoms with Crippen LogP contribution in [-0.2, 0) is 10.2 Å². The van der Waals surface area contributed by atoms with Crippen LogP contribution in [0.4, 0.5) is 33.9 Å². The van der Waals surface area contributed by atoms with Gasteiger partial charge in [-0.15, -0.1) is 0 Å². The average molecular weight is 553 g/mol. The SMILES string of the molecule is CN(C)S(=O)(=O)Nc1nc(-c2ccn3c(-c4cccc(NC(=O)NCC(F)(F)F)c4)cnc3c2)ncc1F. The number of nitrogens with zero attached hydrogens (tertiary/aromatic N) is 5. The molecule has 200 valence electrons. The van der Waals surface area contributed by atoms with Crippen LogP contribution in [0.25, 0.3) is 28.3 Å². The Morgan fingerprint density at radius 3 is 2.55 bits per heavy atom. The number of anilines is 2. The van der Waals surface area contributed by atoms with Crippen LogP contribution < -0.4 is 15.4 Å². The van der Waals surface area contributed by atoms with Crippen LogP contribution >= 0.6 is 0 Å². The van der Waals surface area contributed by atoms with Crippen molar-refractivity contribution in [2.75, 3.05) is 30.7 Å². The molecule has 2 amide bonds. The van der Waals surface area contributed by atoms with Crippen LogP contribution in [0.15, 0.2) is 55.0 Å². The third kappa shape index (κ3) is 6.15. The first-order chi connectivity index (χ1) is 17.8. The molecule has 38 heavy (non-hydrogen) atoms. The number of pyridine rings is 1. The van der Waals surface area contributed by atoms with Crippen molar-refractivity contribution in [1.82, 2.24) is 29.0 Å². The van der Waals surface area contributed by atoms with Gasteiger partial charge in [0, 0.05) is 37.1 Å². The van der Waals surface area contributed by atoms with Gasteiger partial charge in [-0.2, -0.15) is 25.9 Å². The number of aromatic nitrogens is 4. The molecule has 4 aromatic rings. The molecule has 1 aromatic carbocycles. The molecule has 3 aromatic heterocycles. The summed E-state index contributed by atoms with van der Waals surface area (Å²) >= 11 is 0. The molecule has 0 unspecified atom stereocenters. The second kappa shape index (κ2) is 10.2. The standard InChI is InChI=1S/C22H20F4N8O3S/c1-33(2)38(36,37)32-20-16(23)10-28-19(31-20)14-6-7-34-17(11-27-18(34)9-14)13-4-3-5-15(8-13)30-21(35)29-12-22(24,25)26/h3-11H,12H2,1-2H3,(H,28,31,32)(H2,29,30,35). The Balaban J connectivity index is 1.59. The summed E-state index contributed by atoms with van der Waals surface area (Å²) < 4.78 is 79.9. The fraction of sp³-hybridized carbons (Fsp3) is 0.182. The van der Waals surface area contributed by atoms with Crippen molar-refractivity contribution in [3.05, 3.63) is 60.8 Å². The first-order valence-corrected chi connectivity index (χ1v) is 12.2. The molecule has 0 spiro atoms. The summed E-state index contributed by atoms with van der Waals surface area (Å²) in [5.41, 5.74) is 2.35. The van der Waals surface area contributed by atoms with Crippen LogP contribution in [0.3, 0.4) is 0 Å². The van der Waals surface area contributed by atoms with Gasteiger partial charge < -0.3 is 10.6 Å². The Kier molecular flexibility index (Phi) is 7.19. The lowest BCUT2D eigenvalue weighted by atomic mass is 10.1. The molecule has 0 atom stereocenters. The minimum absolute atomic E-state index is 0.0472. The predicted molar refractivity (Wildman–Crippen MR) is 131 cm³/mol. The molecule has 0 radical (unpaired) electrons. The quantitative estimate of drug-likeness (QED) is 0.301. The number of amides is 2. The topological polar surface area (TPSA) is 134 Å². The van der Waals surface area contributed by atoms with Gasteiger partial charge in [-0.05, 0) is 24.3 Å². The molecule has 0 bridgehead atoms. The van der Waals surface area contributed by atoms with E-state index in [-0.39, 0.29) is 11.5 Å². The number of hydrogen-bond donors (Lipinski definition) is 3. The fourth-order valence-corrected chi connectivity index (χ4v) is 3.81. The Morgan fingerprint density at radius 2 is 1.84 bits per heavy atom. The van der Waals surface area contributed by atoms with E-state index in [4.69, 9.17) is 0 Å². The summed E-state index contributed by atoms with van der Waals surface area (Å²) in [6, 6.07) is 8.64. The average Bonchev–Trinajstić information content (AvgIpc) is 3.27. The Morgan fingerprint density at radius 1 is 1.08 bits per heavy atom. The second-order valence-electron chi connectivity index (χ2n) is 8.07. The van der Waals surface area contributed by atoms with Gasteiger partial charge in [0.25, 0.3) is 0 Å². The predicted octanol–water partition coefficient (Wildman–Crippen LogP) is 3.50. The normalized spacial score (nSPS) is 12.1. The van der Waals surface area contributed by atoms with E-state index in [2.05, 4.69) is 25.0 Å². The molecule has 0 saturated carbocycles. The van der Waals surface area contributed by atoms with Gasteiger partial charge in [0.05, 0.1) is 18.1 Å². The lowest BCUT2D eigenvalue weighted by molar-refractivity contribution is -0.122. The summed E-state index contributed by atoms with van der Waals surface area (Å²) in [6.07, 6.45) is -0.500. The summed E-state index contributed by atoms with van der Waals surface area (Å²) in [4.78, 5) is 24.1. The van der Waals surface area contributed by atoms with Crippen LogP contribution in [0.2, 0.25) is 0 Å². The molecule has 0 aliphatic rings. The van der Waals surface area contributed by atoms with Crippen molar-refractivity contribution in [3.8, 4) is 22.6 Å². The van der Waals surface area contributed by atoms with E-state index in [0.717, 1.165) is 10.5 Å². The maximum atomic E-state index is 14.2. The monoisotopic (exact) mass is 552 g/mol. The van der Waals surface area contributed by atoms with Crippen molar-refractivity contribution in [2.45, 2.75) is 6.18 Å². The number of urea groups is 1. The summed E-state index contributed by atoms with van der Waals surface area (Å²) in [6.45, 7) is -1.46. The van der Waals surface area contributed by atoms with Gasteiger partial charge in [-0.1, -0.05) is 12.1 Å². The van der Waals surface area contributed by atoms with E-state index in [9.17, 15) is 30.8 Å². The maximum absolute atomic E-state index is 14.2. The first-order valence-electron chi connectivity index (χ1n) is 10.7. The highest BCUT2D eigenvalue weighted by molar-refractivity contribution is 7.90. The summed E-state index contributed by atoms with van der Waals surface area (Å²) in [5, 5.41) is 4.08. The molecular formula is C22H20F4N8O3S. The number of alkyl halides is 3. The lowest BCUT2D eigenvalue weighted by Gasteiger charge is -2.13. The van der Waals surface area contributed by atoms with Gasteiger partial charge in [0.15, 0.2) is 17.5 Å². The number of imidazole rings is 1. The van der Waals surface area contributed by atoms with E-state index in [0.29, 0.717) is 22.5 Å². The number of carbonyl (C=O) groups excluding carboxylic acids is 1. The molecule has 0 aliphatic carbocycles. The Hall–Kier alpha value is -4.31. The van der Waals surface area contributed by atoms with Gasteiger partial charge in [0.1, 0.15) is 12.2 Å². The number of nitrogens with one attached hydrogen (secondary N) is 3. The zero-order chi connectivity index (χ0) is 27.7. The van der Waals surface area contributed by atoms with Gasteiger partial charge in [-0.25, -0.2) is 24.1 Å². The van der Waals surface area contributed by atoms with Crippen molar-refractivity contribution in [1.29, 1.82) is 0 Å². The summed E-state index contributed by atoms with van der Waals surface area (Å²) in [7, 11) is -1.44. The van der Waals surface area contributed by atoms with Crippen LogP contribution in [-0.4, -0.2) is 64.9 Å². The highest BCUT2D eigenvalue weighted by Crippen LogP contribution is 2.27. The summed E-state index contributed by atoms with van der Waals surface area (Å²) in [5.74, 6) is -1.42. The number of fused-ring (bicyclic) bond motifs is 1. The Labute approximate surface area is 213 Å². The minimum Gasteiger partial charge on any atom is -0.329 e. The molecule has 11 nitrogen and oxygen atoms in total. The third-order valence-corrected chi connectivity index (χ3v) is 6.50. The van der Waals surface area contributed by atoms with Gasteiger partial charge in [0.2, 0.25) is 0 Å². The van der Waals surface area contributed by atoms with Crippen LogP contribution in [0.5, 0.6) is 0 Å². The molecule has 0 fully saturated rings. The molecule has 0 aliphatic heterocycles. The van der Waals surface area contributed by atoms with Gasteiger partial charge >= 0.3 is 22.4 Å². The molecule has 3 N–H and O–H groups in total. The van der Waals surface area contributed by atoms with E-state index in [1.54, 1.807) is 52.4 Å². The van der Waals surface area contributed by atoms with Crippen LogP contribution in [0.1, 0.15) is 0 Å². The van der Waals surface area contributed by atoms with Crippen molar-refractivity contribution in [2.24, 2.45) is 0 Å². The Bertz CT molecular complexity index is 1610. The molecule has 4 rings (SSSR count). The number of halogens is 4. The maximum Gasteiger partial charge on any atom is 0.405 e. The van der Waals surface area contributed by atoms with Crippen molar-refractivity contribution in [3.63, 3.8) is 0 Å². The molecule has 3 heterocycles. The lowest BCUT2D eigenvalue weighted by Crippen LogP contribution is -2.36. The smallest absolute Gasteiger partial charge is 0.329 e. The number of hydrogen-bond acceptors (Lipinski definition) is 6. The number of rotatable bonds is 7. The molecule has 0 saturated heterocycles. The van der Waals surface area contributed by atoms with Crippen molar-refractivity contribution < 1.29 is 30.8 Å². The van der Waals surface area contributed by atoms with E-state index in [1.165, 1.54) is 20.2 Å². The number of benzene rings is 1. The van der Waals surface area contributed by atoms with Crippen molar-refractivity contribution >= 4 is 33.4 Å². The zero-order valence-corrected chi connectivity index (χ0v) is 20.6. The molecule has 16 heteroatoms. The van der Waals surface area contributed by atoms with Gasteiger partial charge in [-0.3, -0.25) is 9.12 Å². The van der Waals surface area contributed by atoms with E-state index >= 15 is 0 Å². The fourth-order valence-electron chi connectivity index (χ4n) is 3.24. The largest absolute Gasteiger partial charge is 0.405 e. The zero-order valence-electron chi connectivity index (χ0n) is 19.8. The van der Waals surface area contributed by atoms with E-state index in [1.807, 2.05) is 0 Å². The number of carbonyl (C=O) groups is 1. The highest BCUT2D eigenvalue weighted by atomic mass is 32.2. The first kappa shape index (κ1) is 26.7. The molecular weight excluding hydrogens is 532 g/mol. The highest BCUT2D eigenvalue weighted by Gasteiger charge is 2.27. The second-order valence-corrected chi connectivity index (χ2v) is 9.95.